The van der Waals surface area contributed by atoms with E-state index in [0.29, 0.717) is 5.82 Å². The van der Waals surface area contributed by atoms with Crippen LogP contribution in [0.1, 0.15) is 25.0 Å². The van der Waals surface area contributed by atoms with Gasteiger partial charge in [-0.15, -0.1) is 0 Å². The van der Waals surface area contributed by atoms with Gasteiger partial charge in [-0.3, -0.25) is 0 Å². The van der Waals surface area contributed by atoms with Crippen LogP contribution >= 0.6 is 0 Å². The molecule has 0 bridgehead atoms. The molecule has 1 aliphatic carbocycles. The van der Waals surface area contributed by atoms with E-state index in [1.807, 2.05) is 0 Å². The first-order valence-corrected chi connectivity index (χ1v) is 19.7. The van der Waals surface area contributed by atoms with Crippen molar-refractivity contribution in [2.75, 3.05) is 0 Å². The summed E-state index contributed by atoms with van der Waals surface area (Å²) in [6.07, 6.45) is 0. The van der Waals surface area contributed by atoms with Crippen LogP contribution in [0.5, 0.6) is 0 Å². The highest BCUT2D eigenvalue weighted by Crippen LogP contribution is 2.52. The fourth-order valence-electron chi connectivity index (χ4n) is 9.19. The van der Waals surface area contributed by atoms with E-state index in [9.17, 15) is 0 Å². The minimum absolute atomic E-state index is 0.116. The maximum Gasteiger partial charge on any atom is 0.160 e. The summed E-state index contributed by atoms with van der Waals surface area (Å²) >= 11 is 0. The van der Waals surface area contributed by atoms with Crippen LogP contribution in [0.15, 0.2) is 194 Å². The molecule has 2 nitrogen and oxygen atoms in total. The molecular formula is C55H38N2. The highest BCUT2D eigenvalue weighted by molar-refractivity contribution is 6.07. The van der Waals surface area contributed by atoms with Crippen molar-refractivity contribution in [3.05, 3.63) is 205 Å². The van der Waals surface area contributed by atoms with Crippen molar-refractivity contribution in [3.63, 3.8) is 0 Å². The molecule has 10 aromatic rings. The Hall–Kier alpha value is -7.16. The Kier molecular flexibility index (Phi) is 7.55. The third-order valence-corrected chi connectivity index (χ3v) is 12.1. The lowest BCUT2D eigenvalue weighted by Gasteiger charge is -2.22. The van der Waals surface area contributed by atoms with Crippen LogP contribution in [-0.4, -0.2) is 9.97 Å². The number of benzene rings is 9. The van der Waals surface area contributed by atoms with Crippen LogP contribution in [0.3, 0.4) is 0 Å². The maximum atomic E-state index is 5.34. The van der Waals surface area contributed by atoms with Crippen molar-refractivity contribution in [1.29, 1.82) is 0 Å². The molecule has 0 unspecified atom stereocenters. The van der Waals surface area contributed by atoms with Crippen LogP contribution in [0.4, 0.5) is 0 Å². The highest BCUT2D eigenvalue weighted by Gasteiger charge is 2.36. The minimum Gasteiger partial charge on any atom is -0.228 e. The Morgan fingerprint density at radius 1 is 0.333 bits per heavy atom. The summed E-state index contributed by atoms with van der Waals surface area (Å²) in [7, 11) is 0. The molecule has 0 radical (unpaired) electrons. The fourth-order valence-corrected chi connectivity index (χ4v) is 9.19. The lowest BCUT2D eigenvalue weighted by Crippen LogP contribution is -2.15. The normalized spacial score (nSPS) is 12.9. The topological polar surface area (TPSA) is 25.8 Å². The molecule has 0 N–H and O–H groups in total. The summed E-state index contributed by atoms with van der Waals surface area (Å²) in [5.74, 6) is 0.705. The SMILES string of the molecule is CC1(C)c2cc(-c3ccc(-c4cc(-c5cccc6ccccc56)nc(-c5ccc(-c6ccccc6)cc5)n4)c4ccccc34)ccc2-c2c1ccc1ccccc21. The zero-order valence-corrected chi connectivity index (χ0v) is 31.9. The largest absolute Gasteiger partial charge is 0.228 e. The van der Waals surface area contributed by atoms with Gasteiger partial charge < -0.3 is 0 Å². The highest BCUT2D eigenvalue weighted by atomic mass is 14.9. The smallest absolute Gasteiger partial charge is 0.160 e. The predicted molar refractivity (Wildman–Crippen MR) is 239 cm³/mol. The zero-order chi connectivity index (χ0) is 38.1. The zero-order valence-electron chi connectivity index (χ0n) is 31.9. The van der Waals surface area contributed by atoms with Crippen LogP contribution in [0.2, 0.25) is 0 Å². The van der Waals surface area contributed by atoms with E-state index in [-0.39, 0.29) is 5.41 Å². The van der Waals surface area contributed by atoms with E-state index in [1.165, 1.54) is 71.4 Å². The van der Waals surface area contributed by atoms with Crippen LogP contribution in [-0.2, 0) is 5.41 Å². The molecule has 0 aliphatic heterocycles. The van der Waals surface area contributed by atoms with Gasteiger partial charge in [0.15, 0.2) is 5.82 Å². The molecule has 1 heterocycles. The second-order valence-electron chi connectivity index (χ2n) is 15.7. The summed E-state index contributed by atoms with van der Waals surface area (Å²) in [4.78, 5) is 10.6. The van der Waals surface area contributed by atoms with Gasteiger partial charge >= 0.3 is 0 Å². The maximum absolute atomic E-state index is 5.34. The van der Waals surface area contributed by atoms with E-state index in [1.54, 1.807) is 0 Å². The second-order valence-corrected chi connectivity index (χ2v) is 15.7. The van der Waals surface area contributed by atoms with Crippen molar-refractivity contribution < 1.29 is 0 Å². The van der Waals surface area contributed by atoms with E-state index >= 15 is 0 Å². The molecule has 0 atom stereocenters. The molecule has 0 saturated carbocycles. The van der Waals surface area contributed by atoms with Gasteiger partial charge in [0, 0.05) is 22.1 Å². The average molecular weight is 727 g/mol. The Morgan fingerprint density at radius 2 is 0.860 bits per heavy atom. The summed E-state index contributed by atoms with van der Waals surface area (Å²) < 4.78 is 0. The first-order chi connectivity index (χ1) is 28.0. The number of hydrogen-bond acceptors (Lipinski definition) is 2. The summed E-state index contributed by atoms with van der Waals surface area (Å²) in [6.45, 7) is 4.74. The molecule has 11 rings (SSSR count). The van der Waals surface area contributed by atoms with Crippen molar-refractivity contribution in [3.8, 4) is 67.3 Å². The third-order valence-electron chi connectivity index (χ3n) is 12.1. The first-order valence-electron chi connectivity index (χ1n) is 19.7. The number of nitrogens with zero attached hydrogens (tertiary/aromatic N) is 2. The standard InChI is InChI=1S/C55H38N2/c1-55(2)49-32-28-38-16-7-9-19-43(38)53(49)48-29-27-40(33-50(48)55)42-30-31-47(45-21-11-10-20-44(42)45)52-34-51(46-22-12-17-37-15-6-8-18-41(37)46)56-54(57-52)39-25-23-36(24-26-39)35-13-4-3-5-14-35/h3-34H,1-2H3. The molecule has 0 saturated heterocycles. The Labute approximate surface area is 332 Å². The molecule has 9 aromatic carbocycles. The van der Waals surface area contributed by atoms with Gasteiger partial charge in [0.2, 0.25) is 0 Å². The van der Waals surface area contributed by atoms with Gasteiger partial charge in [-0.1, -0.05) is 196 Å². The molecule has 57 heavy (non-hydrogen) atoms. The van der Waals surface area contributed by atoms with E-state index in [4.69, 9.17) is 9.97 Å². The van der Waals surface area contributed by atoms with Crippen molar-refractivity contribution in [2.45, 2.75) is 19.3 Å². The van der Waals surface area contributed by atoms with Crippen molar-refractivity contribution in [2.24, 2.45) is 0 Å². The van der Waals surface area contributed by atoms with Gasteiger partial charge in [0.05, 0.1) is 11.4 Å². The van der Waals surface area contributed by atoms with Gasteiger partial charge in [-0.2, -0.15) is 0 Å². The van der Waals surface area contributed by atoms with Gasteiger partial charge in [-0.05, 0) is 89.0 Å². The molecule has 2 heteroatoms. The first kappa shape index (κ1) is 33.2. The quantitative estimate of drug-likeness (QED) is 0.176. The molecule has 1 aliphatic rings. The monoisotopic (exact) mass is 726 g/mol. The summed E-state index contributed by atoms with van der Waals surface area (Å²) in [5, 5.41) is 7.33. The molecule has 0 fully saturated rings. The van der Waals surface area contributed by atoms with Crippen LogP contribution in [0.25, 0.3) is 99.6 Å². The number of fused-ring (bicyclic) bond motifs is 7. The molecule has 268 valence electrons. The van der Waals surface area contributed by atoms with Gasteiger partial charge in [0.25, 0.3) is 0 Å². The molecular weight excluding hydrogens is 689 g/mol. The summed E-state index contributed by atoms with van der Waals surface area (Å²) in [6, 6.07) is 70.1. The lowest BCUT2D eigenvalue weighted by atomic mass is 9.81. The van der Waals surface area contributed by atoms with Crippen LogP contribution in [0, 0.1) is 0 Å². The number of rotatable bonds is 5. The number of hydrogen-bond donors (Lipinski definition) is 0. The van der Waals surface area contributed by atoms with Gasteiger partial charge in [-0.25, -0.2) is 9.97 Å². The molecule has 0 amide bonds. The van der Waals surface area contributed by atoms with Crippen molar-refractivity contribution >= 4 is 32.3 Å². The Bertz CT molecular complexity index is 3190. The van der Waals surface area contributed by atoms with E-state index in [2.05, 4.69) is 208 Å². The Morgan fingerprint density at radius 3 is 1.61 bits per heavy atom. The third kappa shape index (κ3) is 5.40. The number of aromatic nitrogens is 2. The molecule has 1 aromatic heterocycles. The van der Waals surface area contributed by atoms with Crippen molar-refractivity contribution in [1.82, 2.24) is 9.97 Å². The second kappa shape index (κ2) is 13.0. The summed E-state index contributed by atoms with van der Waals surface area (Å²) in [5.41, 5.74) is 15.1. The fraction of sp³-hybridized carbons (Fsp3) is 0.0545. The van der Waals surface area contributed by atoms with Crippen LogP contribution < -0.4 is 0 Å². The predicted octanol–water partition coefficient (Wildman–Crippen LogP) is 14.6. The van der Waals surface area contributed by atoms with Gasteiger partial charge in [0.1, 0.15) is 0 Å². The average Bonchev–Trinajstić information content (AvgIpc) is 3.51. The molecule has 0 spiro atoms. The van der Waals surface area contributed by atoms with E-state index in [0.717, 1.165) is 33.5 Å². The minimum atomic E-state index is -0.116. The van der Waals surface area contributed by atoms with E-state index < -0.39 is 0 Å². The lowest BCUT2D eigenvalue weighted by molar-refractivity contribution is 0.661. The Balaban J connectivity index is 1.07.